The molecule has 0 amide bonds. The second-order valence-corrected chi connectivity index (χ2v) is 15.7. The highest BCUT2D eigenvalue weighted by Crippen LogP contribution is 2.53. The number of benzene rings is 5. The lowest BCUT2D eigenvalue weighted by molar-refractivity contribution is 0.346. The SMILES string of the molecule is C=P(C1=CCCC=C1)(c1ccccc1)c1ccc(C2(c3ccc(N(c4ccccc4)c4ccccc4)cc3)CCCCC2)cc1. The molecule has 1 unspecified atom stereocenters. The number of para-hydroxylation sites is 2. The van der Waals surface area contributed by atoms with Gasteiger partial charge in [0.2, 0.25) is 0 Å². The van der Waals surface area contributed by atoms with Crippen molar-refractivity contribution < 1.29 is 0 Å². The Kier molecular flexibility index (Phi) is 8.47. The molecule has 0 spiro atoms. The predicted octanol–water partition coefficient (Wildman–Crippen LogP) is 11.0. The molecule has 0 bridgehead atoms. The van der Waals surface area contributed by atoms with Crippen molar-refractivity contribution in [1.29, 1.82) is 0 Å². The first kappa shape index (κ1) is 29.4. The molecule has 1 saturated carbocycles. The molecule has 0 N–H and O–H groups in total. The Morgan fingerprint density at radius 2 is 1.00 bits per heavy atom. The fourth-order valence-corrected chi connectivity index (χ4v) is 10.5. The number of rotatable bonds is 8. The third kappa shape index (κ3) is 5.67. The highest BCUT2D eigenvalue weighted by atomic mass is 31.2. The average Bonchev–Trinajstić information content (AvgIpc) is 3.14. The van der Waals surface area contributed by atoms with Gasteiger partial charge in [0.1, 0.15) is 0 Å². The molecule has 0 saturated heterocycles. The monoisotopic (exact) mass is 603 g/mol. The standard InChI is InChI=1S/C43H42NP/c1-45(40-21-11-4-12-22-40,41-23-13-5-14-24-41)42-31-27-36(28-32-42)43(33-15-6-16-34-43)35-25-29-39(30-26-35)44(37-17-7-2-8-18-37)38-19-9-3-10-20-38/h2-4,7-13,17-32H,1,5-6,14-16,33-34H2. The molecule has 0 heterocycles. The maximum absolute atomic E-state index is 5.01. The van der Waals surface area contributed by atoms with Gasteiger partial charge < -0.3 is 4.90 Å². The normalized spacial score (nSPS) is 17.2. The number of nitrogens with zero attached hydrogens (tertiary/aromatic N) is 1. The quantitative estimate of drug-likeness (QED) is 0.160. The molecule has 2 heteroatoms. The summed E-state index contributed by atoms with van der Waals surface area (Å²) >= 11 is 0. The number of hydrogen-bond donors (Lipinski definition) is 0. The van der Waals surface area contributed by atoms with E-state index >= 15 is 0 Å². The number of allylic oxidation sites excluding steroid dienone is 4. The van der Waals surface area contributed by atoms with E-state index in [-0.39, 0.29) is 5.41 Å². The topological polar surface area (TPSA) is 3.24 Å². The highest BCUT2D eigenvalue weighted by molar-refractivity contribution is 7.90. The first-order valence-electron chi connectivity index (χ1n) is 16.5. The lowest BCUT2D eigenvalue weighted by Crippen LogP contribution is -2.31. The van der Waals surface area contributed by atoms with E-state index in [1.807, 2.05) is 0 Å². The van der Waals surface area contributed by atoms with Gasteiger partial charge in [0.25, 0.3) is 0 Å². The van der Waals surface area contributed by atoms with Crippen molar-refractivity contribution in [2.24, 2.45) is 0 Å². The lowest BCUT2D eigenvalue weighted by Gasteiger charge is -2.39. The molecule has 45 heavy (non-hydrogen) atoms. The van der Waals surface area contributed by atoms with Gasteiger partial charge in [-0.25, -0.2) is 0 Å². The number of hydrogen-bond acceptors (Lipinski definition) is 1. The Morgan fingerprint density at radius 3 is 1.53 bits per heavy atom. The molecule has 2 aliphatic rings. The molecule has 5 aromatic carbocycles. The van der Waals surface area contributed by atoms with Gasteiger partial charge in [-0.2, -0.15) is 0 Å². The fourth-order valence-electron chi connectivity index (χ4n) is 7.48. The van der Waals surface area contributed by atoms with Crippen LogP contribution in [0.3, 0.4) is 0 Å². The zero-order valence-electron chi connectivity index (χ0n) is 26.1. The smallest absolute Gasteiger partial charge is 0.0461 e. The maximum Gasteiger partial charge on any atom is 0.0461 e. The van der Waals surface area contributed by atoms with Gasteiger partial charge in [0.05, 0.1) is 0 Å². The van der Waals surface area contributed by atoms with Crippen LogP contribution in [-0.2, 0) is 5.41 Å². The van der Waals surface area contributed by atoms with Crippen LogP contribution in [0.15, 0.2) is 163 Å². The van der Waals surface area contributed by atoms with Crippen molar-refractivity contribution in [3.05, 3.63) is 174 Å². The van der Waals surface area contributed by atoms with E-state index in [2.05, 4.69) is 163 Å². The van der Waals surface area contributed by atoms with Crippen LogP contribution in [0.25, 0.3) is 0 Å². The van der Waals surface area contributed by atoms with Crippen LogP contribution in [0.4, 0.5) is 17.1 Å². The summed E-state index contributed by atoms with van der Waals surface area (Å²) in [5.41, 5.74) is 6.41. The van der Waals surface area contributed by atoms with Crippen LogP contribution < -0.4 is 15.5 Å². The molecule has 0 radical (unpaired) electrons. The molecule has 1 atom stereocenters. The fraction of sp³-hybridized carbons (Fsp3) is 0.186. The summed E-state index contributed by atoms with van der Waals surface area (Å²) in [6.07, 6.45) is 20.5. The van der Waals surface area contributed by atoms with Gasteiger partial charge in [-0.1, -0.05) is 147 Å². The molecule has 2 aliphatic carbocycles. The molecule has 5 aromatic rings. The van der Waals surface area contributed by atoms with E-state index in [9.17, 15) is 0 Å². The Hall–Kier alpha value is -4.32. The van der Waals surface area contributed by atoms with Crippen molar-refractivity contribution in [2.45, 2.75) is 50.4 Å². The van der Waals surface area contributed by atoms with Crippen molar-refractivity contribution >= 4 is 40.9 Å². The maximum atomic E-state index is 5.01. The molecular weight excluding hydrogens is 561 g/mol. The van der Waals surface area contributed by atoms with E-state index < -0.39 is 6.89 Å². The van der Waals surface area contributed by atoms with Crippen molar-refractivity contribution in [3.8, 4) is 0 Å². The van der Waals surface area contributed by atoms with Gasteiger partial charge in [0.15, 0.2) is 0 Å². The summed E-state index contributed by atoms with van der Waals surface area (Å²) in [6.45, 7) is -1.96. The summed E-state index contributed by atoms with van der Waals surface area (Å²) in [5, 5.41) is 4.11. The Bertz CT molecular complexity index is 1770. The molecule has 1 nitrogen and oxygen atoms in total. The van der Waals surface area contributed by atoms with E-state index in [0.29, 0.717) is 0 Å². The minimum absolute atomic E-state index is 0.0265. The lowest BCUT2D eigenvalue weighted by atomic mass is 9.65. The van der Waals surface area contributed by atoms with Gasteiger partial charge >= 0.3 is 0 Å². The Balaban J connectivity index is 1.27. The molecule has 7 rings (SSSR count). The third-order valence-corrected chi connectivity index (χ3v) is 13.5. The molecule has 224 valence electrons. The zero-order chi connectivity index (χ0) is 30.5. The van der Waals surface area contributed by atoms with Crippen molar-refractivity contribution in [1.82, 2.24) is 0 Å². The van der Waals surface area contributed by atoms with Gasteiger partial charge in [-0.05, 0) is 96.0 Å². The molecule has 0 aromatic heterocycles. The predicted molar refractivity (Wildman–Crippen MR) is 198 cm³/mol. The largest absolute Gasteiger partial charge is 0.311 e. The summed E-state index contributed by atoms with van der Waals surface area (Å²) in [5.74, 6) is 0. The van der Waals surface area contributed by atoms with Crippen LogP contribution >= 0.6 is 6.89 Å². The van der Waals surface area contributed by atoms with Gasteiger partial charge in [-0.3, -0.25) is 0 Å². The molecule has 1 fully saturated rings. The average molecular weight is 604 g/mol. The summed E-state index contributed by atoms with van der Waals surface area (Å²) in [7, 11) is 0. The second kappa shape index (κ2) is 13.0. The van der Waals surface area contributed by atoms with E-state index in [1.165, 1.54) is 76.2 Å². The summed E-state index contributed by atoms with van der Waals surface area (Å²) < 4.78 is 0. The van der Waals surface area contributed by atoms with Crippen LogP contribution in [0.2, 0.25) is 0 Å². The third-order valence-electron chi connectivity index (χ3n) is 9.89. The van der Waals surface area contributed by atoms with Gasteiger partial charge in [0, 0.05) is 22.5 Å². The summed E-state index contributed by atoms with van der Waals surface area (Å²) in [6, 6.07) is 51.5. The zero-order valence-corrected chi connectivity index (χ0v) is 27.0. The van der Waals surface area contributed by atoms with Crippen molar-refractivity contribution in [3.63, 3.8) is 0 Å². The van der Waals surface area contributed by atoms with E-state index in [0.717, 1.165) is 12.8 Å². The molecule has 0 aliphatic heterocycles. The van der Waals surface area contributed by atoms with Crippen LogP contribution in [0.1, 0.15) is 56.1 Å². The van der Waals surface area contributed by atoms with Crippen LogP contribution in [0.5, 0.6) is 0 Å². The highest BCUT2D eigenvalue weighted by Gasteiger charge is 2.36. The first-order chi connectivity index (χ1) is 22.2. The van der Waals surface area contributed by atoms with Crippen molar-refractivity contribution in [2.75, 3.05) is 4.90 Å². The van der Waals surface area contributed by atoms with Crippen LogP contribution in [-0.4, -0.2) is 6.30 Å². The minimum Gasteiger partial charge on any atom is -0.311 e. The molecular formula is C43H42NP. The van der Waals surface area contributed by atoms with Crippen LogP contribution in [0, 0.1) is 0 Å². The Morgan fingerprint density at radius 1 is 0.511 bits per heavy atom. The summed E-state index contributed by atoms with van der Waals surface area (Å²) in [4.78, 5) is 2.35. The van der Waals surface area contributed by atoms with E-state index in [1.54, 1.807) is 0 Å². The number of anilines is 3. The van der Waals surface area contributed by atoms with Gasteiger partial charge in [-0.15, -0.1) is 0 Å². The minimum atomic E-state index is -1.96. The first-order valence-corrected chi connectivity index (χ1v) is 18.4. The van der Waals surface area contributed by atoms with E-state index in [4.69, 9.17) is 6.30 Å². The second-order valence-electron chi connectivity index (χ2n) is 12.5. The Labute approximate surface area is 269 Å².